The standard InChI is InChI=1S/C13H26N2O/c1-2-15-10-7-13(16,8-11-15)12-6-4-3-5-9-14-12/h12,14,16H,2-11H2,1H3. The minimum absolute atomic E-state index is 0.342. The summed E-state index contributed by atoms with van der Waals surface area (Å²) in [4.78, 5) is 2.44. The van der Waals surface area contributed by atoms with Gasteiger partial charge in [-0.25, -0.2) is 0 Å². The Bertz CT molecular complexity index is 204. The van der Waals surface area contributed by atoms with Crippen LogP contribution in [0.15, 0.2) is 0 Å². The van der Waals surface area contributed by atoms with Gasteiger partial charge in [0.25, 0.3) is 0 Å². The van der Waals surface area contributed by atoms with E-state index in [1.54, 1.807) is 0 Å². The van der Waals surface area contributed by atoms with Gasteiger partial charge in [0.1, 0.15) is 0 Å². The number of likely N-dealkylation sites (tertiary alicyclic amines) is 1. The maximum absolute atomic E-state index is 10.7. The monoisotopic (exact) mass is 226 g/mol. The van der Waals surface area contributed by atoms with E-state index >= 15 is 0 Å². The largest absolute Gasteiger partial charge is 0.388 e. The van der Waals surface area contributed by atoms with Crippen LogP contribution in [0.1, 0.15) is 45.4 Å². The van der Waals surface area contributed by atoms with Crippen LogP contribution in [0.5, 0.6) is 0 Å². The third kappa shape index (κ3) is 2.76. The fraction of sp³-hybridized carbons (Fsp3) is 1.00. The van der Waals surface area contributed by atoms with Crippen molar-refractivity contribution in [3.8, 4) is 0 Å². The molecule has 3 heteroatoms. The van der Waals surface area contributed by atoms with Crippen molar-refractivity contribution in [1.29, 1.82) is 0 Å². The van der Waals surface area contributed by atoms with Crippen molar-refractivity contribution in [3.63, 3.8) is 0 Å². The second kappa shape index (κ2) is 5.48. The minimum Gasteiger partial charge on any atom is -0.388 e. The highest BCUT2D eigenvalue weighted by molar-refractivity contribution is 4.96. The van der Waals surface area contributed by atoms with Gasteiger partial charge in [-0.1, -0.05) is 19.8 Å². The van der Waals surface area contributed by atoms with Crippen LogP contribution >= 0.6 is 0 Å². The Morgan fingerprint density at radius 2 is 2.00 bits per heavy atom. The van der Waals surface area contributed by atoms with Gasteiger partial charge in [0.15, 0.2) is 0 Å². The number of aliphatic hydroxyl groups is 1. The summed E-state index contributed by atoms with van der Waals surface area (Å²) in [6.45, 7) is 6.53. The number of piperidine rings is 1. The van der Waals surface area contributed by atoms with Gasteiger partial charge in [-0.05, 0) is 38.8 Å². The Morgan fingerprint density at radius 3 is 2.69 bits per heavy atom. The van der Waals surface area contributed by atoms with E-state index in [9.17, 15) is 5.11 Å². The summed E-state index contributed by atoms with van der Waals surface area (Å²) < 4.78 is 0. The lowest BCUT2D eigenvalue weighted by Gasteiger charge is -2.42. The van der Waals surface area contributed by atoms with Gasteiger partial charge in [0.05, 0.1) is 5.60 Å². The van der Waals surface area contributed by atoms with E-state index in [4.69, 9.17) is 0 Å². The Morgan fingerprint density at radius 1 is 1.25 bits per heavy atom. The quantitative estimate of drug-likeness (QED) is 0.746. The molecule has 3 nitrogen and oxygen atoms in total. The molecule has 0 aromatic heterocycles. The molecule has 2 rings (SSSR count). The van der Waals surface area contributed by atoms with Crippen LogP contribution in [0.3, 0.4) is 0 Å². The van der Waals surface area contributed by atoms with Crippen LogP contribution in [0.2, 0.25) is 0 Å². The highest BCUT2D eigenvalue weighted by Crippen LogP contribution is 2.29. The van der Waals surface area contributed by atoms with Crippen LogP contribution in [0.4, 0.5) is 0 Å². The molecular weight excluding hydrogens is 200 g/mol. The zero-order valence-electron chi connectivity index (χ0n) is 10.5. The predicted molar refractivity (Wildman–Crippen MR) is 66.6 cm³/mol. The second-order valence-electron chi connectivity index (χ2n) is 5.39. The zero-order valence-corrected chi connectivity index (χ0v) is 10.5. The van der Waals surface area contributed by atoms with Crippen LogP contribution in [-0.4, -0.2) is 47.8 Å². The smallest absolute Gasteiger partial charge is 0.0824 e. The molecule has 0 aliphatic carbocycles. The summed E-state index contributed by atoms with van der Waals surface area (Å²) in [6.07, 6.45) is 6.91. The van der Waals surface area contributed by atoms with E-state index in [1.807, 2.05) is 0 Å². The molecule has 0 spiro atoms. The van der Waals surface area contributed by atoms with Crippen LogP contribution in [-0.2, 0) is 0 Å². The molecule has 2 aliphatic heterocycles. The maximum Gasteiger partial charge on any atom is 0.0824 e. The van der Waals surface area contributed by atoms with Crippen LogP contribution in [0, 0.1) is 0 Å². The molecule has 94 valence electrons. The van der Waals surface area contributed by atoms with Crippen molar-refractivity contribution in [2.24, 2.45) is 0 Å². The SMILES string of the molecule is CCN1CCC(O)(C2CCCCCN2)CC1. The van der Waals surface area contributed by atoms with E-state index in [-0.39, 0.29) is 0 Å². The number of rotatable bonds is 2. The lowest BCUT2D eigenvalue weighted by Crippen LogP contribution is -2.56. The molecule has 2 fully saturated rings. The summed E-state index contributed by atoms with van der Waals surface area (Å²) in [7, 11) is 0. The van der Waals surface area contributed by atoms with Crippen LogP contribution < -0.4 is 5.32 Å². The molecule has 1 atom stereocenters. The van der Waals surface area contributed by atoms with Gasteiger partial charge >= 0.3 is 0 Å². The first-order chi connectivity index (χ1) is 7.74. The molecule has 2 N–H and O–H groups in total. The van der Waals surface area contributed by atoms with E-state index < -0.39 is 5.60 Å². The van der Waals surface area contributed by atoms with Gasteiger partial charge in [-0.2, -0.15) is 0 Å². The highest BCUT2D eigenvalue weighted by atomic mass is 16.3. The Balaban J connectivity index is 1.91. The summed E-state index contributed by atoms with van der Waals surface area (Å²) in [5.41, 5.74) is -0.435. The third-order valence-corrected chi connectivity index (χ3v) is 4.38. The van der Waals surface area contributed by atoms with Gasteiger partial charge < -0.3 is 15.3 Å². The second-order valence-corrected chi connectivity index (χ2v) is 5.39. The van der Waals surface area contributed by atoms with Crippen molar-refractivity contribution in [2.75, 3.05) is 26.2 Å². The average Bonchev–Trinajstić information content (AvgIpc) is 2.59. The van der Waals surface area contributed by atoms with Gasteiger partial charge in [-0.15, -0.1) is 0 Å². The summed E-state index contributed by atoms with van der Waals surface area (Å²) in [5, 5.41) is 14.3. The van der Waals surface area contributed by atoms with E-state index in [1.165, 1.54) is 19.3 Å². The molecule has 16 heavy (non-hydrogen) atoms. The molecule has 2 aliphatic rings. The minimum atomic E-state index is -0.435. The van der Waals surface area contributed by atoms with Gasteiger partial charge in [-0.3, -0.25) is 0 Å². The molecule has 2 saturated heterocycles. The summed E-state index contributed by atoms with van der Waals surface area (Å²) in [6, 6.07) is 0.342. The molecule has 0 amide bonds. The van der Waals surface area contributed by atoms with Crippen LogP contribution in [0.25, 0.3) is 0 Å². The number of nitrogens with one attached hydrogen (secondary N) is 1. The van der Waals surface area contributed by atoms with Crippen molar-refractivity contribution in [3.05, 3.63) is 0 Å². The summed E-state index contributed by atoms with van der Waals surface area (Å²) in [5.74, 6) is 0. The number of hydrogen-bond acceptors (Lipinski definition) is 3. The Hall–Kier alpha value is -0.120. The normalized spacial score (nSPS) is 32.2. The zero-order chi connectivity index (χ0) is 11.4. The highest BCUT2D eigenvalue weighted by Gasteiger charge is 2.39. The predicted octanol–water partition coefficient (Wildman–Crippen LogP) is 1.37. The van der Waals surface area contributed by atoms with Gasteiger partial charge in [0.2, 0.25) is 0 Å². The van der Waals surface area contributed by atoms with Crippen molar-refractivity contribution in [2.45, 2.75) is 57.1 Å². The first-order valence-corrected chi connectivity index (χ1v) is 6.93. The average molecular weight is 226 g/mol. The Labute approximate surface area is 99.2 Å². The lowest BCUT2D eigenvalue weighted by molar-refractivity contribution is -0.0502. The molecule has 1 unspecified atom stereocenters. The molecule has 2 heterocycles. The number of hydrogen-bond donors (Lipinski definition) is 2. The topological polar surface area (TPSA) is 35.5 Å². The van der Waals surface area contributed by atoms with E-state index in [2.05, 4.69) is 17.1 Å². The van der Waals surface area contributed by atoms with Crippen molar-refractivity contribution < 1.29 is 5.11 Å². The molecule has 0 radical (unpaired) electrons. The van der Waals surface area contributed by atoms with Crippen molar-refractivity contribution in [1.82, 2.24) is 10.2 Å². The molecule has 0 aromatic carbocycles. The first-order valence-electron chi connectivity index (χ1n) is 6.93. The number of nitrogens with zero attached hydrogens (tertiary/aromatic N) is 1. The van der Waals surface area contributed by atoms with E-state index in [0.717, 1.165) is 45.4 Å². The molecule has 0 saturated carbocycles. The fourth-order valence-corrected chi connectivity index (χ4v) is 3.09. The van der Waals surface area contributed by atoms with E-state index in [0.29, 0.717) is 6.04 Å². The third-order valence-electron chi connectivity index (χ3n) is 4.38. The summed E-state index contributed by atoms with van der Waals surface area (Å²) >= 11 is 0. The first kappa shape index (κ1) is 12.3. The maximum atomic E-state index is 10.7. The van der Waals surface area contributed by atoms with Gasteiger partial charge in [0, 0.05) is 19.1 Å². The fourth-order valence-electron chi connectivity index (χ4n) is 3.09. The Kier molecular flexibility index (Phi) is 4.22. The van der Waals surface area contributed by atoms with Crippen molar-refractivity contribution >= 4 is 0 Å². The molecule has 0 bridgehead atoms. The molecule has 0 aromatic rings. The molecular formula is C13H26N2O. The lowest BCUT2D eigenvalue weighted by atomic mass is 9.82.